The lowest BCUT2D eigenvalue weighted by Gasteiger charge is -2.19. The number of guanidine groups is 1. The summed E-state index contributed by atoms with van der Waals surface area (Å²) in [6.45, 7) is 8.70. The summed E-state index contributed by atoms with van der Waals surface area (Å²) in [5, 5.41) is 6.65. The Kier molecular flexibility index (Phi) is 13.9. The van der Waals surface area contributed by atoms with Gasteiger partial charge in [0.15, 0.2) is 5.96 Å². The molecule has 0 heterocycles. The van der Waals surface area contributed by atoms with Crippen LogP contribution >= 0.6 is 24.0 Å². The highest BCUT2D eigenvalue weighted by atomic mass is 127. The van der Waals surface area contributed by atoms with Crippen molar-refractivity contribution in [2.24, 2.45) is 10.9 Å². The van der Waals surface area contributed by atoms with Crippen molar-refractivity contribution in [2.75, 3.05) is 40.4 Å². The van der Waals surface area contributed by atoms with Gasteiger partial charge in [0.25, 0.3) is 0 Å². The van der Waals surface area contributed by atoms with Crippen LogP contribution in [-0.2, 0) is 9.53 Å². The summed E-state index contributed by atoms with van der Waals surface area (Å²) in [5.41, 5.74) is 1.17. The first kappa shape index (κ1) is 25.6. The van der Waals surface area contributed by atoms with Crippen molar-refractivity contribution < 1.29 is 9.53 Å². The zero-order valence-electron chi connectivity index (χ0n) is 17.2. The standard InChI is InChI=1S/C20H34N4O2.HI/c1-16(2)15-26-13-9-12-21-20(22-14-19(25)24(4)5)23-17(3)18-10-7-6-8-11-18;/h6-8,10-11,16-17H,9,12-15H2,1-5H3,(H2,21,22,23);1H. The van der Waals surface area contributed by atoms with E-state index in [0.717, 1.165) is 19.6 Å². The molecular formula is C20H35IN4O2. The number of nitrogens with one attached hydrogen (secondary N) is 2. The van der Waals surface area contributed by atoms with Gasteiger partial charge in [-0.25, -0.2) is 4.99 Å². The molecule has 1 amide bonds. The van der Waals surface area contributed by atoms with Gasteiger partial charge in [-0.3, -0.25) is 4.79 Å². The van der Waals surface area contributed by atoms with Crippen LogP contribution < -0.4 is 10.6 Å². The highest BCUT2D eigenvalue weighted by molar-refractivity contribution is 14.0. The minimum atomic E-state index is -0.0290. The van der Waals surface area contributed by atoms with E-state index in [1.165, 1.54) is 5.56 Å². The van der Waals surface area contributed by atoms with Crippen molar-refractivity contribution in [1.29, 1.82) is 0 Å². The molecule has 1 aromatic carbocycles. The number of hydrogen-bond acceptors (Lipinski definition) is 3. The third-order valence-corrected chi connectivity index (χ3v) is 3.73. The van der Waals surface area contributed by atoms with Gasteiger partial charge in [0.2, 0.25) is 5.91 Å². The molecule has 1 unspecified atom stereocenters. The molecule has 0 bridgehead atoms. The SMILES string of the molecule is CC(C)COCCCNC(=NCC(=O)N(C)C)NC(C)c1ccccc1.I. The average Bonchev–Trinajstić information content (AvgIpc) is 2.62. The van der Waals surface area contributed by atoms with Gasteiger partial charge >= 0.3 is 0 Å². The third kappa shape index (κ3) is 11.9. The minimum Gasteiger partial charge on any atom is -0.381 e. The van der Waals surface area contributed by atoms with E-state index in [9.17, 15) is 4.79 Å². The van der Waals surface area contributed by atoms with Crippen LogP contribution in [0.3, 0.4) is 0 Å². The van der Waals surface area contributed by atoms with E-state index in [1.807, 2.05) is 18.2 Å². The Morgan fingerprint density at radius 3 is 2.44 bits per heavy atom. The van der Waals surface area contributed by atoms with Crippen molar-refractivity contribution in [2.45, 2.75) is 33.2 Å². The van der Waals surface area contributed by atoms with Crippen molar-refractivity contribution in [3.63, 3.8) is 0 Å². The van der Waals surface area contributed by atoms with E-state index in [-0.39, 0.29) is 42.5 Å². The molecule has 0 aromatic heterocycles. The second-order valence-corrected chi connectivity index (χ2v) is 6.98. The molecule has 27 heavy (non-hydrogen) atoms. The lowest BCUT2D eigenvalue weighted by Crippen LogP contribution is -2.40. The van der Waals surface area contributed by atoms with Gasteiger partial charge in [0.1, 0.15) is 6.54 Å². The van der Waals surface area contributed by atoms with E-state index in [1.54, 1.807) is 19.0 Å². The van der Waals surface area contributed by atoms with E-state index in [0.29, 0.717) is 18.5 Å². The molecule has 6 nitrogen and oxygen atoms in total. The summed E-state index contributed by atoms with van der Waals surface area (Å²) in [6, 6.07) is 10.3. The molecule has 154 valence electrons. The number of likely N-dealkylation sites (N-methyl/N-ethyl adjacent to an activating group) is 1. The Hall–Kier alpha value is -1.35. The fourth-order valence-corrected chi connectivity index (χ4v) is 2.17. The summed E-state index contributed by atoms with van der Waals surface area (Å²) in [4.78, 5) is 17.8. The Morgan fingerprint density at radius 2 is 1.85 bits per heavy atom. The molecule has 1 aromatic rings. The second kappa shape index (κ2) is 14.7. The zero-order chi connectivity index (χ0) is 19.4. The van der Waals surface area contributed by atoms with Crippen LogP contribution in [0, 0.1) is 5.92 Å². The largest absolute Gasteiger partial charge is 0.381 e. The number of nitrogens with zero attached hydrogens (tertiary/aromatic N) is 2. The summed E-state index contributed by atoms with van der Waals surface area (Å²) >= 11 is 0. The fraction of sp³-hybridized carbons (Fsp3) is 0.600. The molecule has 0 fully saturated rings. The normalized spacial score (nSPS) is 12.3. The fourth-order valence-electron chi connectivity index (χ4n) is 2.17. The maximum atomic E-state index is 11.8. The Bertz CT molecular complexity index is 550. The highest BCUT2D eigenvalue weighted by Crippen LogP contribution is 2.10. The Labute approximate surface area is 181 Å². The van der Waals surface area contributed by atoms with E-state index in [4.69, 9.17) is 4.74 Å². The number of amides is 1. The number of benzene rings is 1. The first-order chi connectivity index (χ1) is 12.4. The van der Waals surface area contributed by atoms with Gasteiger partial charge in [-0.15, -0.1) is 24.0 Å². The van der Waals surface area contributed by atoms with Gasteiger partial charge in [0, 0.05) is 33.9 Å². The van der Waals surface area contributed by atoms with Gasteiger partial charge in [-0.2, -0.15) is 0 Å². The number of carbonyl (C=O) groups excluding carboxylic acids is 1. The molecule has 0 saturated heterocycles. The molecule has 7 heteroatoms. The van der Waals surface area contributed by atoms with Crippen molar-refractivity contribution in [3.8, 4) is 0 Å². The van der Waals surface area contributed by atoms with Crippen molar-refractivity contribution in [3.05, 3.63) is 35.9 Å². The van der Waals surface area contributed by atoms with Crippen LogP contribution in [-0.4, -0.2) is 57.2 Å². The van der Waals surface area contributed by atoms with E-state index in [2.05, 4.69) is 48.5 Å². The number of hydrogen-bond donors (Lipinski definition) is 2. The maximum Gasteiger partial charge on any atom is 0.243 e. The summed E-state index contributed by atoms with van der Waals surface area (Å²) < 4.78 is 5.60. The maximum absolute atomic E-state index is 11.8. The molecule has 0 spiro atoms. The van der Waals surface area contributed by atoms with Crippen LogP contribution in [0.25, 0.3) is 0 Å². The highest BCUT2D eigenvalue weighted by Gasteiger charge is 2.09. The van der Waals surface area contributed by atoms with Gasteiger partial charge in [-0.1, -0.05) is 44.2 Å². The minimum absolute atomic E-state index is 0. The van der Waals surface area contributed by atoms with Crippen LogP contribution in [0.4, 0.5) is 0 Å². The van der Waals surface area contributed by atoms with E-state index >= 15 is 0 Å². The van der Waals surface area contributed by atoms with E-state index < -0.39 is 0 Å². The third-order valence-electron chi connectivity index (χ3n) is 3.73. The van der Waals surface area contributed by atoms with Gasteiger partial charge in [-0.05, 0) is 24.8 Å². The lowest BCUT2D eigenvalue weighted by molar-refractivity contribution is -0.127. The molecule has 1 rings (SSSR count). The predicted molar refractivity (Wildman–Crippen MR) is 123 cm³/mol. The van der Waals surface area contributed by atoms with Crippen molar-refractivity contribution in [1.82, 2.24) is 15.5 Å². The number of halogens is 1. The quantitative estimate of drug-likeness (QED) is 0.229. The van der Waals surface area contributed by atoms with Gasteiger partial charge < -0.3 is 20.3 Å². The van der Waals surface area contributed by atoms with Crippen LogP contribution in [0.15, 0.2) is 35.3 Å². The number of rotatable bonds is 10. The summed E-state index contributed by atoms with van der Waals surface area (Å²) in [7, 11) is 3.47. The molecule has 0 aliphatic heterocycles. The summed E-state index contributed by atoms with van der Waals surface area (Å²) in [6.07, 6.45) is 0.884. The lowest BCUT2D eigenvalue weighted by atomic mass is 10.1. The topological polar surface area (TPSA) is 66.0 Å². The number of aliphatic imine (C=N–C) groups is 1. The van der Waals surface area contributed by atoms with Crippen molar-refractivity contribution >= 4 is 35.8 Å². The van der Waals surface area contributed by atoms with Crippen LogP contribution in [0.5, 0.6) is 0 Å². The molecule has 1 atom stereocenters. The Balaban J connectivity index is 0.00000676. The zero-order valence-corrected chi connectivity index (χ0v) is 19.5. The molecular weight excluding hydrogens is 455 g/mol. The van der Waals surface area contributed by atoms with Gasteiger partial charge in [0.05, 0.1) is 6.04 Å². The first-order valence-corrected chi connectivity index (χ1v) is 9.27. The van der Waals surface area contributed by atoms with Crippen LogP contribution in [0.1, 0.15) is 38.8 Å². The Morgan fingerprint density at radius 1 is 1.19 bits per heavy atom. The molecule has 0 saturated carbocycles. The monoisotopic (exact) mass is 490 g/mol. The average molecular weight is 490 g/mol. The van der Waals surface area contributed by atoms with Crippen LogP contribution in [0.2, 0.25) is 0 Å². The second-order valence-electron chi connectivity index (χ2n) is 6.98. The molecule has 2 N–H and O–H groups in total. The molecule has 0 aliphatic rings. The number of ether oxygens (including phenoxy) is 1. The first-order valence-electron chi connectivity index (χ1n) is 9.27. The molecule has 0 radical (unpaired) electrons. The number of carbonyl (C=O) groups is 1. The molecule has 0 aliphatic carbocycles. The predicted octanol–water partition coefficient (Wildman–Crippen LogP) is 3.05. The summed E-state index contributed by atoms with van der Waals surface area (Å²) in [5.74, 6) is 1.16. The smallest absolute Gasteiger partial charge is 0.243 e.